The lowest BCUT2D eigenvalue weighted by Crippen LogP contribution is -2.28. The van der Waals surface area contributed by atoms with Gasteiger partial charge < -0.3 is 19.5 Å². The first kappa shape index (κ1) is 17.7. The largest absolute Gasteiger partial charge is 0.497 e. The Bertz CT molecular complexity index is 690. The van der Waals surface area contributed by atoms with Crippen molar-refractivity contribution in [1.29, 1.82) is 0 Å². The van der Waals surface area contributed by atoms with Gasteiger partial charge in [-0.3, -0.25) is 4.79 Å². The van der Waals surface area contributed by atoms with Crippen LogP contribution in [0.3, 0.4) is 0 Å². The first-order valence-electron chi connectivity index (χ1n) is 7.75. The Balaban J connectivity index is 1.89. The highest BCUT2D eigenvalue weighted by Crippen LogP contribution is 2.22. The topological polar surface area (TPSA) is 56.8 Å². The Labute approximate surface area is 142 Å². The van der Waals surface area contributed by atoms with Crippen LogP contribution < -0.4 is 19.5 Å². The molecule has 0 bridgehead atoms. The maximum Gasteiger partial charge on any atom is 0.251 e. The second-order valence-electron chi connectivity index (χ2n) is 5.47. The summed E-state index contributed by atoms with van der Waals surface area (Å²) in [6, 6.07) is 11.1. The number of rotatable bonds is 7. The SMILES string of the molecule is COc1cc(OC)cc(C(=O)NCCOc2ccc(C)cc2C)c1. The first-order valence-corrected chi connectivity index (χ1v) is 7.75. The number of carbonyl (C=O) groups is 1. The molecule has 0 fully saturated rings. The highest BCUT2D eigenvalue weighted by Gasteiger charge is 2.09. The fraction of sp³-hybridized carbons (Fsp3) is 0.316. The minimum atomic E-state index is -0.198. The van der Waals surface area contributed by atoms with Crippen molar-refractivity contribution in [2.45, 2.75) is 13.8 Å². The van der Waals surface area contributed by atoms with E-state index in [0.717, 1.165) is 11.3 Å². The van der Waals surface area contributed by atoms with Gasteiger partial charge in [-0.15, -0.1) is 0 Å². The van der Waals surface area contributed by atoms with E-state index in [9.17, 15) is 4.79 Å². The molecular weight excluding hydrogens is 306 g/mol. The first-order chi connectivity index (χ1) is 11.5. The molecule has 1 amide bonds. The maximum absolute atomic E-state index is 12.2. The summed E-state index contributed by atoms with van der Waals surface area (Å²) in [5.74, 6) is 1.78. The summed E-state index contributed by atoms with van der Waals surface area (Å²) in [7, 11) is 3.10. The summed E-state index contributed by atoms with van der Waals surface area (Å²) in [6.07, 6.45) is 0. The molecule has 2 rings (SSSR count). The average molecular weight is 329 g/mol. The lowest BCUT2D eigenvalue weighted by Gasteiger charge is -2.11. The van der Waals surface area contributed by atoms with Gasteiger partial charge in [-0.05, 0) is 37.6 Å². The molecule has 1 N–H and O–H groups in total. The molecule has 0 unspecified atom stereocenters. The van der Waals surface area contributed by atoms with E-state index in [1.54, 1.807) is 32.4 Å². The van der Waals surface area contributed by atoms with E-state index < -0.39 is 0 Å². The maximum atomic E-state index is 12.2. The number of ether oxygens (including phenoxy) is 3. The molecule has 24 heavy (non-hydrogen) atoms. The van der Waals surface area contributed by atoms with Gasteiger partial charge in [0, 0.05) is 11.6 Å². The fourth-order valence-electron chi connectivity index (χ4n) is 2.33. The number of methoxy groups -OCH3 is 2. The molecule has 0 atom stereocenters. The number of benzene rings is 2. The van der Waals surface area contributed by atoms with Gasteiger partial charge in [0.2, 0.25) is 0 Å². The molecule has 2 aromatic rings. The average Bonchev–Trinajstić information content (AvgIpc) is 2.59. The van der Waals surface area contributed by atoms with Crippen LogP contribution >= 0.6 is 0 Å². The molecule has 0 aliphatic carbocycles. The van der Waals surface area contributed by atoms with Crippen LogP contribution in [-0.2, 0) is 0 Å². The highest BCUT2D eigenvalue weighted by atomic mass is 16.5. The van der Waals surface area contributed by atoms with Crippen molar-refractivity contribution in [3.8, 4) is 17.2 Å². The minimum Gasteiger partial charge on any atom is -0.497 e. The predicted octanol–water partition coefficient (Wildman–Crippen LogP) is 3.13. The standard InChI is InChI=1S/C19H23NO4/c1-13-5-6-18(14(2)9-13)24-8-7-20-19(21)15-10-16(22-3)12-17(11-15)23-4/h5-6,9-12H,7-8H2,1-4H3,(H,20,21). The summed E-state index contributed by atoms with van der Waals surface area (Å²) >= 11 is 0. The van der Waals surface area contributed by atoms with E-state index in [0.29, 0.717) is 30.2 Å². The summed E-state index contributed by atoms with van der Waals surface area (Å²) in [6.45, 7) is 4.85. The minimum absolute atomic E-state index is 0.198. The Morgan fingerprint density at radius 2 is 1.67 bits per heavy atom. The molecule has 0 spiro atoms. The molecular formula is C19H23NO4. The number of carbonyl (C=O) groups excluding carboxylic acids is 1. The second-order valence-corrected chi connectivity index (χ2v) is 5.47. The van der Waals surface area contributed by atoms with Crippen molar-refractivity contribution in [1.82, 2.24) is 5.32 Å². The molecule has 0 saturated carbocycles. The lowest BCUT2D eigenvalue weighted by atomic mass is 10.1. The summed E-state index contributed by atoms with van der Waals surface area (Å²) in [5, 5.41) is 2.83. The van der Waals surface area contributed by atoms with E-state index in [1.807, 2.05) is 26.0 Å². The van der Waals surface area contributed by atoms with Crippen LogP contribution in [-0.4, -0.2) is 33.3 Å². The van der Waals surface area contributed by atoms with E-state index in [4.69, 9.17) is 14.2 Å². The molecule has 0 aromatic heterocycles. The zero-order valence-corrected chi connectivity index (χ0v) is 14.5. The summed E-state index contributed by atoms with van der Waals surface area (Å²) in [5.41, 5.74) is 2.76. The molecule has 2 aromatic carbocycles. The Morgan fingerprint density at radius 3 is 2.25 bits per heavy atom. The number of aryl methyl sites for hydroxylation is 2. The van der Waals surface area contributed by atoms with Gasteiger partial charge in [-0.2, -0.15) is 0 Å². The number of hydrogen-bond donors (Lipinski definition) is 1. The predicted molar refractivity (Wildman–Crippen MR) is 93.3 cm³/mol. The van der Waals surface area contributed by atoms with Gasteiger partial charge in [0.25, 0.3) is 5.91 Å². The van der Waals surface area contributed by atoms with Gasteiger partial charge in [0.1, 0.15) is 23.9 Å². The normalized spacial score (nSPS) is 10.2. The van der Waals surface area contributed by atoms with Crippen molar-refractivity contribution in [3.05, 3.63) is 53.1 Å². The van der Waals surface area contributed by atoms with E-state index in [2.05, 4.69) is 11.4 Å². The Morgan fingerprint density at radius 1 is 1.00 bits per heavy atom. The second kappa shape index (κ2) is 8.24. The number of hydrogen-bond acceptors (Lipinski definition) is 4. The third kappa shape index (κ3) is 4.65. The summed E-state index contributed by atoms with van der Waals surface area (Å²) < 4.78 is 16.0. The van der Waals surface area contributed by atoms with Gasteiger partial charge in [0.15, 0.2) is 0 Å². The molecule has 5 heteroatoms. The summed E-state index contributed by atoms with van der Waals surface area (Å²) in [4.78, 5) is 12.2. The van der Waals surface area contributed by atoms with Crippen molar-refractivity contribution >= 4 is 5.91 Å². The van der Waals surface area contributed by atoms with Crippen LogP contribution in [0.25, 0.3) is 0 Å². The van der Waals surface area contributed by atoms with Crippen molar-refractivity contribution in [2.24, 2.45) is 0 Å². The van der Waals surface area contributed by atoms with Crippen molar-refractivity contribution < 1.29 is 19.0 Å². The number of nitrogens with one attached hydrogen (secondary N) is 1. The smallest absolute Gasteiger partial charge is 0.251 e. The van der Waals surface area contributed by atoms with E-state index >= 15 is 0 Å². The van der Waals surface area contributed by atoms with Crippen molar-refractivity contribution in [2.75, 3.05) is 27.4 Å². The van der Waals surface area contributed by atoms with E-state index in [1.165, 1.54) is 5.56 Å². The van der Waals surface area contributed by atoms with E-state index in [-0.39, 0.29) is 5.91 Å². The van der Waals surface area contributed by atoms with Crippen LogP contribution in [0.15, 0.2) is 36.4 Å². The van der Waals surface area contributed by atoms with Crippen LogP contribution in [0, 0.1) is 13.8 Å². The molecule has 5 nitrogen and oxygen atoms in total. The van der Waals surface area contributed by atoms with Crippen LogP contribution in [0.5, 0.6) is 17.2 Å². The van der Waals surface area contributed by atoms with Gasteiger partial charge in [0.05, 0.1) is 20.8 Å². The molecule has 0 aliphatic heterocycles. The van der Waals surface area contributed by atoms with Gasteiger partial charge in [-0.25, -0.2) is 0 Å². The quantitative estimate of drug-likeness (QED) is 0.793. The van der Waals surface area contributed by atoms with Crippen LogP contribution in [0.4, 0.5) is 0 Å². The lowest BCUT2D eigenvalue weighted by molar-refractivity contribution is 0.0946. The van der Waals surface area contributed by atoms with Crippen molar-refractivity contribution in [3.63, 3.8) is 0 Å². The zero-order valence-electron chi connectivity index (χ0n) is 14.5. The number of amides is 1. The van der Waals surface area contributed by atoms with Gasteiger partial charge in [-0.1, -0.05) is 17.7 Å². The van der Waals surface area contributed by atoms with Crippen LogP contribution in [0.1, 0.15) is 21.5 Å². The third-order valence-electron chi connectivity index (χ3n) is 3.59. The van der Waals surface area contributed by atoms with Crippen LogP contribution in [0.2, 0.25) is 0 Å². The fourth-order valence-corrected chi connectivity index (χ4v) is 2.33. The molecule has 128 valence electrons. The van der Waals surface area contributed by atoms with Gasteiger partial charge >= 0.3 is 0 Å². The Hall–Kier alpha value is -2.69. The molecule has 0 saturated heterocycles. The molecule has 0 aliphatic rings. The molecule has 0 heterocycles. The Kier molecular flexibility index (Phi) is 6.07. The third-order valence-corrected chi connectivity index (χ3v) is 3.59. The molecule has 0 radical (unpaired) electrons. The zero-order chi connectivity index (χ0) is 17.5. The monoisotopic (exact) mass is 329 g/mol. The highest BCUT2D eigenvalue weighted by molar-refractivity contribution is 5.95.